The summed E-state index contributed by atoms with van der Waals surface area (Å²) in [6.07, 6.45) is 2.41. The predicted octanol–water partition coefficient (Wildman–Crippen LogP) is 2.96. The number of alkyl halides is 2. The highest BCUT2D eigenvalue weighted by Gasteiger charge is 2.21. The van der Waals surface area contributed by atoms with E-state index < -0.39 is 6.61 Å². The second-order valence-corrected chi connectivity index (χ2v) is 7.15. The van der Waals surface area contributed by atoms with Crippen LogP contribution in [0.1, 0.15) is 24.6 Å². The van der Waals surface area contributed by atoms with E-state index in [4.69, 9.17) is 14.0 Å². The first-order valence-corrected chi connectivity index (χ1v) is 10.4. The fourth-order valence-corrected chi connectivity index (χ4v) is 3.37. The van der Waals surface area contributed by atoms with Gasteiger partial charge in [-0.15, -0.1) is 0 Å². The molecule has 31 heavy (non-hydrogen) atoms. The summed E-state index contributed by atoms with van der Waals surface area (Å²) >= 11 is 0. The number of nitrogens with zero attached hydrogens (tertiary/aromatic N) is 4. The highest BCUT2D eigenvalue weighted by molar-refractivity contribution is 5.80. The Labute approximate surface area is 180 Å². The zero-order valence-corrected chi connectivity index (χ0v) is 17.9. The van der Waals surface area contributed by atoms with E-state index in [0.29, 0.717) is 24.5 Å². The number of halogens is 2. The fraction of sp³-hybridized carbons (Fsp3) is 0.524. The number of benzene rings is 1. The molecule has 3 rings (SSSR count). The average Bonchev–Trinajstić information content (AvgIpc) is 3.27. The Hall–Kier alpha value is -2.88. The van der Waals surface area contributed by atoms with Crippen LogP contribution in [0.4, 0.5) is 8.78 Å². The van der Waals surface area contributed by atoms with Gasteiger partial charge in [0.15, 0.2) is 5.96 Å². The second kappa shape index (κ2) is 11.5. The maximum atomic E-state index is 12.9. The van der Waals surface area contributed by atoms with E-state index >= 15 is 0 Å². The fourth-order valence-electron chi connectivity index (χ4n) is 3.37. The SMILES string of the molecule is CCCOc1ccc(CNC(=NC)N2CCN(Cc3ccon3)CC2)c(OC(F)F)c1. The number of piperazine rings is 1. The van der Waals surface area contributed by atoms with Gasteiger partial charge in [-0.1, -0.05) is 12.1 Å². The molecule has 0 spiro atoms. The van der Waals surface area contributed by atoms with Crippen LogP contribution in [0.5, 0.6) is 11.5 Å². The van der Waals surface area contributed by atoms with Gasteiger partial charge < -0.3 is 24.2 Å². The maximum absolute atomic E-state index is 12.9. The van der Waals surface area contributed by atoms with E-state index in [2.05, 4.69) is 25.3 Å². The highest BCUT2D eigenvalue weighted by Crippen LogP contribution is 2.27. The van der Waals surface area contributed by atoms with Crippen molar-refractivity contribution in [3.8, 4) is 11.5 Å². The van der Waals surface area contributed by atoms with Crippen molar-refractivity contribution in [3.05, 3.63) is 41.8 Å². The van der Waals surface area contributed by atoms with Crippen molar-refractivity contribution >= 4 is 5.96 Å². The molecule has 0 atom stereocenters. The van der Waals surface area contributed by atoms with E-state index in [1.165, 1.54) is 6.07 Å². The Kier molecular flexibility index (Phi) is 8.45. The molecule has 1 aliphatic rings. The van der Waals surface area contributed by atoms with Gasteiger partial charge in [0.25, 0.3) is 0 Å². The summed E-state index contributed by atoms with van der Waals surface area (Å²) < 4.78 is 40.9. The molecule has 0 amide bonds. The minimum absolute atomic E-state index is 0.101. The van der Waals surface area contributed by atoms with Crippen molar-refractivity contribution in [1.82, 2.24) is 20.3 Å². The maximum Gasteiger partial charge on any atom is 0.387 e. The van der Waals surface area contributed by atoms with Crippen molar-refractivity contribution in [2.45, 2.75) is 33.0 Å². The lowest BCUT2D eigenvalue weighted by Crippen LogP contribution is -2.52. The number of hydrogen-bond donors (Lipinski definition) is 1. The van der Waals surface area contributed by atoms with E-state index in [9.17, 15) is 8.78 Å². The van der Waals surface area contributed by atoms with Crippen LogP contribution in [0.25, 0.3) is 0 Å². The third-order valence-corrected chi connectivity index (χ3v) is 4.92. The van der Waals surface area contributed by atoms with Gasteiger partial charge in [-0.05, 0) is 18.6 Å². The second-order valence-electron chi connectivity index (χ2n) is 7.15. The van der Waals surface area contributed by atoms with Crippen LogP contribution in [0.2, 0.25) is 0 Å². The number of aliphatic imine (C=N–C) groups is 1. The Morgan fingerprint density at radius 3 is 2.71 bits per heavy atom. The molecule has 0 radical (unpaired) electrons. The van der Waals surface area contributed by atoms with Gasteiger partial charge >= 0.3 is 6.61 Å². The first-order valence-electron chi connectivity index (χ1n) is 10.4. The van der Waals surface area contributed by atoms with E-state index in [-0.39, 0.29) is 5.75 Å². The molecule has 0 unspecified atom stereocenters. The normalized spacial score (nSPS) is 15.4. The predicted molar refractivity (Wildman–Crippen MR) is 112 cm³/mol. The van der Waals surface area contributed by atoms with Crippen LogP contribution < -0.4 is 14.8 Å². The van der Waals surface area contributed by atoms with Crippen molar-refractivity contribution in [2.75, 3.05) is 39.8 Å². The lowest BCUT2D eigenvalue weighted by Gasteiger charge is -2.36. The van der Waals surface area contributed by atoms with Gasteiger partial charge in [-0.25, -0.2) is 0 Å². The van der Waals surface area contributed by atoms with Crippen LogP contribution >= 0.6 is 0 Å². The summed E-state index contributed by atoms with van der Waals surface area (Å²) in [4.78, 5) is 8.79. The molecule has 10 heteroatoms. The molecule has 0 aliphatic carbocycles. The number of rotatable bonds is 9. The third kappa shape index (κ3) is 6.81. The number of hydrogen-bond acceptors (Lipinski definition) is 6. The molecule has 0 bridgehead atoms. The van der Waals surface area contributed by atoms with Crippen molar-refractivity contribution < 1.29 is 22.8 Å². The van der Waals surface area contributed by atoms with E-state index in [0.717, 1.165) is 50.8 Å². The lowest BCUT2D eigenvalue weighted by molar-refractivity contribution is -0.0505. The molecule has 0 saturated carbocycles. The van der Waals surface area contributed by atoms with Crippen LogP contribution in [0.15, 0.2) is 40.0 Å². The van der Waals surface area contributed by atoms with E-state index in [1.807, 2.05) is 13.0 Å². The molecule has 1 aliphatic heterocycles. The molecule has 2 heterocycles. The van der Waals surface area contributed by atoms with Gasteiger partial charge in [-0.3, -0.25) is 9.89 Å². The molecule has 1 saturated heterocycles. The standard InChI is InChI=1S/C21H29F2N5O3/c1-3-11-29-18-5-4-16(19(13-18)31-20(22)23)14-25-21(24-2)28-9-7-27(8-10-28)15-17-6-12-30-26-17/h4-6,12-13,20H,3,7-11,14-15H2,1-2H3,(H,24,25). The van der Waals surface area contributed by atoms with Crippen molar-refractivity contribution in [1.29, 1.82) is 0 Å². The molecule has 170 valence electrons. The molecule has 1 aromatic heterocycles. The molecule has 2 aromatic rings. The van der Waals surface area contributed by atoms with Crippen LogP contribution in [0.3, 0.4) is 0 Å². The number of nitrogens with one attached hydrogen (secondary N) is 1. The topological polar surface area (TPSA) is 75.4 Å². The molecular formula is C21H29F2N5O3. The van der Waals surface area contributed by atoms with Gasteiger partial charge in [-0.2, -0.15) is 8.78 Å². The molecule has 1 aromatic carbocycles. The minimum Gasteiger partial charge on any atom is -0.493 e. The number of ether oxygens (including phenoxy) is 2. The summed E-state index contributed by atoms with van der Waals surface area (Å²) in [5.74, 6) is 1.33. The smallest absolute Gasteiger partial charge is 0.387 e. The van der Waals surface area contributed by atoms with E-state index in [1.54, 1.807) is 25.4 Å². The lowest BCUT2D eigenvalue weighted by atomic mass is 10.2. The van der Waals surface area contributed by atoms with Crippen molar-refractivity contribution in [2.24, 2.45) is 4.99 Å². The summed E-state index contributed by atoms with van der Waals surface area (Å²) in [6.45, 7) is 3.95. The number of guanidine groups is 1. The van der Waals surface area contributed by atoms with Crippen LogP contribution in [-0.4, -0.2) is 67.4 Å². The Bertz CT molecular complexity index is 824. The minimum atomic E-state index is -2.91. The molecule has 1 fully saturated rings. The highest BCUT2D eigenvalue weighted by atomic mass is 19.3. The van der Waals surface area contributed by atoms with Gasteiger partial charge in [0.2, 0.25) is 0 Å². The van der Waals surface area contributed by atoms with Gasteiger partial charge in [0.05, 0.1) is 12.3 Å². The third-order valence-electron chi connectivity index (χ3n) is 4.92. The largest absolute Gasteiger partial charge is 0.493 e. The first-order chi connectivity index (χ1) is 15.1. The van der Waals surface area contributed by atoms with Crippen LogP contribution in [-0.2, 0) is 13.1 Å². The monoisotopic (exact) mass is 437 g/mol. The first kappa shape index (κ1) is 22.8. The quantitative estimate of drug-likeness (QED) is 0.478. The summed E-state index contributed by atoms with van der Waals surface area (Å²) in [5, 5.41) is 7.21. The zero-order valence-electron chi connectivity index (χ0n) is 17.9. The van der Waals surface area contributed by atoms with Gasteiger partial charge in [0, 0.05) is 64.0 Å². The van der Waals surface area contributed by atoms with Gasteiger partial charge in [0.1, 0.15) is 17.8 Å². The molecular weight excluding hydrogens is 408 g/mol. The Morgan fingerprint density at radius 1 is 1.26 bits per heavy atom. The molecule has 8 nitrogen and oxygen atoms in total. The van der Waals surface area contributed by atoms with Crippen LogP contribution in [0, 0.1) is 0 Å². The number of aromatic nitrogens is 1. The average molecular weight is 437 g/mol. The van der Waals surface area contributed by atoms with Crippen molar-refractivity contribution in [3.63, 3.8) is 0 Å². The molecule has 1 N–H and O–H groups in total. The summed E-state index contributed by atoms with van der Waals surface area (Å²) in [6, 6.07) is 6.87. The summed E-state index contributed by atoms with van der Waals surface area (Å²) in [5.41, 5.74) is 1.52. The summed E-state index contributed by atoms with van der Waals surface area (Å²) in [7, 11) is 1.71. The Morgan fingerprint density at radius 2 is 2.06 bits per heavy atom. The zero-order chi connectivity index (χ0) is 22.1. The Balaban J connectivity index is 1.56.